The molecule has 0 aliphatic carbocycles. The van der Waals surface area contributed by atoms with Crippen LogP contribution in [0.4, 0.5) is 4.79 Å². The second kappa shape index (κ2) is 14.3. The lowest BCUT2D eigenvalue weighted by atomic mass is 10.0. The van der Waals surface area contributed by atoms with E-state index in [1.165, 1.54) is 0 Å². The maximum Gasteiger partial charge on any atom is 0.331 e. The third-order valence-electron chi connectivity index (χ3n) is 5.22. The molecule has 0 fully saturated rings. The van der Waals surface area contributed by atoms with Crippen LogP contribution in [0.5, 0.6) is 0 Å². The van der Waals surface area contributed by atoms with Crippen LogP contribution in [-0.4, -0.2) is 52.5 Å². The van der Waals surface area contributed by atoms with Gasteiger partial charge in [0.05, 0.1) is 12.7 Å². The summed E-state index contributed by atoms with van der Waals surface area (Å²) in [5.41, 5.74) is 0.730. The van der Waals surface area contributed by atoms with E-state index in [0.717, 1.165) is 31.2 Å². The molecule has 1 unspecified atom stereocenters. The molecule has 0 saturated carbocycles. The average molecular weight is 476 g/mol. The van der Waals surface area contributed by atoms with E-state index in [1.807, 2.05) is 20.8 Å². The van der Waals surface area contributed by atoms with Gasteiger partial charge in [0, 0.05) is 24.6 Å². The smallest absolute Gasteiger partial charge is 0.331 e. The van der Waals surface area contributed by atoms with Crippen molar-refractivity contribution in [2.45, 2.75) is 78.5 Å². The van der Waals surface area contributed by atoms with Crippen LogP contribution in [0.2, 0.25) is 0 Å². The number of hydrogen-bond acceptors (Lipinski definition) is 8. The Hall–Kier alpha value is -3.01. The summed E-state index contributed by atoms with van der Waals surface area (Å²) in [6.45, 7) is 10.5. The minimum Gasteiger partial charge on any atom is -0.464 e. The number of unbranched alkanes of at least 4 members (excludes halogenated alkanes) is 2. The van der Waals surface area contributed by atoms with Crippen molar-refractivity contribution in [3.63, 3.8) is 0 Å². The normalized spacial score (nSPS) is 13.8. The standard InChI is InChI=1S/C24H37N5O5/c1-6-8-14-32-17(5)20(23(30)33-15-9-7-2)27-24(31)26-19(16(3)4)22-29-28-21(34-22)18-10-12-25-13-11-18/h10-13,16-17,19-20H,6-9,14-15H2,1-5H3,(H2,26,27,31)/t17?,19-,20-/m0/s1. The summed E-state index contributed by atoms with van der Waals surface area (Å²) in [4.78, 5) is 29.6. The van der Waals surface area contributed by atoms with Crippen molar-refractivity contribution in [1.82, 2.24) is 25.8 Å². The molecule has 0 spiro atoms. The highest BCUT2D eigenvalue weighted by molar-refractivity contribution is 5.84. The zero-order valence-electron chi connectivity index (χ0n) is 20.7. The van der Waals surface area contributed by atoms with Crippen LogP contribution in [-0.2, 0) is 14.3 Å². The first kappa shape index (κ1) is 27.2. The van der Waals surface area contributed by atoms with Crippen LogP contribution in [0.1, 0.15) is 72.2 Å². The van der Waals surface area contributed by atoms with Gasteiger partial charge < -0.3 is 24.5 Å². The molecule has 0 radical (unpaired) electrons. The number of nitrogens with one attached hydrogen (secondary N) is 2. The number of esters is 1. The lowest BCUT2D eigenvalue weighted by molar-refractivity contribution is -0.150. The Labute approximate surface area is 201 Å². The van der Waals surface area contributed by atoms with Gasteiger partial charge in [0.2, 0.25) is 11.8 Å². The molecule has 0 aliphatic heterocycles. The first-order chi connectivity index (χ1) is 16.4. The number of carbonyl (C=O) groups is 2. The van der Waals surface area contributed by atoms with Gasteiger partial charge in [-0.05, 0) is 37.8 Å². The van der Waals surface area contributed by atoms with Crippen molar-refractivity contribution < 1.29 is 23.5 Å². The van der Waals surface area contributed by atoms with Gasteiger partial charge in [-0.3, -0.25) is 4.98 Å². The molecule has 2 amide bonds. The number of aromatic nitrogens is 3. The van der Waals surface area contributed by atoms with E-state index in [4.69, 9.17) is 13.9 Å². The average Bonchev–Trinajstić information content (AvgIpc) is 3.31. The Morgan fingerprint density at radius 3 is 2.32 bits per heavy atom. The van der Waals surface area contributed by atoms with E-state index in [9.17, 15) is 9.59 Å². The molecule has 0 saturated heterocycles. The van der Waals surface area contributed by atoms with E-state index in [0.29, 0.717) is 19.1 Å². The van der Waals surface area contributed by atoms with Crippen molar-refractivity contribution in [3.8, 4) is 11.5 Å². The van der Waals surface area contributed by atoms with Crippen LogP contribution in [0.25, 0.3) is 11.5 Å². The zero-order valence-corrected chi connectivity index (χ0v) is 20.7. The maximum absolute atomic E-state index is 12.9. The molecule has 2 heterocycles. The Kier molecular flexibility index (Phi) is 11.5. The van der Waals surface area contributed by atoms with Crippen molar-refractivity contribution in [2.75, 3.05) is 13.2 Å². The predicted molar refractivity (Wildman–Crippen MR) is 127 cm³/mol. The van der Waals surface area contributed by atoms with Crippen molar-refractivity contribution in [1.29, 1.82) is 0 Å². The molecule has 0 aromatic carbocycles. The van der Waals surface area contributed by atoms with Crippen LogP contribution in [0.15, 0.2) is 28.9 Å². The van der Waals surface area contributed by atoms with Gasteiger partial charge in [0.15, 0.2) is 6.04 Å². The van der Waals surface area contributed by atoms with Gasteiger partial charge in [-0.25, -0.2) is 9.59 Å². The Bertz CT molecular complexity index is 874. The molecule has 3 atom stereocenters. The number of ether oxygens (including phenoxy) is 2. The molecule has 2 aromatic heterocycles. The van der Waals surface area contributed by atoms with Gasteiger partial charge in [-0.2, -0.15) is 0 Å². The first-order valence-corrected chi connectivity index (χ1v) is 12.0. The van der Waals surface area contributed by atoms with Gasteiger partial charge in [0.1, 0.15) is 6.04 Å². The Morgan fingerprint density at radius 1 is 1.00 bits per heavy atom. The fourth-order valence-electron chi connectivity index (χ4n) is 3.09. The van der Waals surface area contributed by atoms with E-state index in [2.05, 4.69) is 32.7 Å². The first-order valence-electron chi connectivity index (χ1n) is 12.0. The van der Waals surface area contributed by atoms with Crippen molar-refractivity contribution >= 4 is 12.0 Å². The second-order valence-electron chi connectivity index (χ2n) is 8.45. The van der Waals surface area contributed by atoms with Crippen LogP contribution < -0.4 is 10.6 Å². The molecule has 2 aromatic rings. The van der Waals surface area contributed by atoms with Gasteiger partial charge in [-0.1, -0.05) is 40.5 Å². The Balaban J connectivity index is 2.09. The zero-order chi connectivity index (χ0) is 24.9. The van der Waals surface area contributed by atoms with Crippen molar-refractivity contribution in [2.24, 2.45) is 5.92 Å². The molecule has 2 N–H and O–H groups in total. The molecule has 10 heteroatoms. The SMILES string of the molecule is CCCCOC(=O)[C@@H](NC(=O)N[C@H](c1nnc(-c2ccncc2)o1)C(C)C)C(C)OCCCC. The largest absolute Gasteiger partial charge is 0.464 e. The quantitative estimate of drug-likeness (QED) is 0.309. The third-order valence-corrected chi connectivity index (χ3v) is 5.22. The summed E-state index contributed by atoms with van der Waals surface area (Å²) in [5.74, 6) is 0.0306. The van der Waals surface area contributed by atoms with Crippen LogP contribution >= 0.6 is 0 Å². The summed E-state index contributed by atoms with van der Waals surface area (Å²) < 4.78 is 16.9. The molecular formula is C24H37N5O5. The number of urea groups is 1. The molecule has 34 heavy (non-hydrogen) atoms. The molecule has 2 rings (SSSR count). The topological polar surface area (TPSA) is 128 Å². The predicted octanol–water partition coefficient (Wildman–Crippen LogP) is 4.05. The van der Waals surface area contributed by atoms with Gasteiger partial charge in [0.25, 0.3) is 0 Å². The minimum absolute atomic E-state index is 0.0512. The molecule has 0 bridgehead atoms. The van der Waals surface area contributed by atoms with Crippen LogP contribution in [0, 0.1) is 5.92 Å². The molecule has 10 nitrogen and oxygen atoms in total. The van der Waals surface area contributed by atoms with E-state index in [1.54, 1.807) is 31.5 Å². The highest BCUT2D eigenvalue weighted by Gasteiger charge is 2.31. The van der Waals surface area contributed by atoms with Gasteiger partial charge in [-0.15, -0.1) is 10.2 Å². The number of hydrogen-bond donors (Lipinski definition) is 2. The number of pyridine rings is 1. The number of rotatable bonds is 14. The lowest BCUT2D eigenvalue weighted by Gasteiger charge is -2.26. The Morgan fingerprint density at radius 2 is 1.68 bits per heavy atom. The highest BCUT2D eigenvalue weighted by atomic mass is 16.5. The van der Waals surface area contributed by atoms with Gasteiger partial charge >= 0.3 is 12.0 Å². The van der Waals surface area contributed by atoms with E-state index in [-0.39, 0.29) is 11.8 Å². The molecule has 188 valence electrons. The van der Waals surface area contributed by atoms with Crippen LogP contribution in [0.3, 0.4) is 0 Å². The number of amides is 2. The fourth-order valence-corrected chi connectivity index (χ4v) is 3.09. The molecular weight excluding hydrogens is 438 g/mol. The summed E-state index contributed by atoms with van der Waals surface area (Å²) in [6, 6.07) is 1.46. The summed E-state index contributed by atoms with van der Waals surface area (Å²) >= 11 is 0. The number of nitrogens with zero attached hydrogens (tertiary/aromatic N) is 3. The van der Waals surface area contributed by atoms with E-state index < -0.39 is 30.2 Å². The molecule has 0 aliphatic rings. The summed E-state index contributed by atoms with van der Waals surface area (Å²) in [6.07, 6.45) is 6.20. The lowest BCUT2D eigenvalue weighted by Crippen LogP contribution is -2.53. The van der Waals surface area contributed by atoms with Crippen molar-refractivity contribution in [3.05, 3.63) is 30.4 Å². The minimum atomic E-state index is -0.948. The van der Waals surface area contributed by atoms with E-state index >= 15 is 0 Å². The number of carbonyl (C=O) groups excluding carboxylic acids is 2. The fraction of sp³-hybridized carbons (Fsp3) is 0.625. The highest BCUT2D eigenvalue weighted by Crippen LogP contribution is 2.24. The summed E-state index contributed by atoms with van der Waals surface area (Å²) in [7, 11) is 0. The monoisotopic (exact) mass is 475 g/mol. The maximum atomic E-state index is 12.9. The third kappa shape index (κ3) is 8.40. The summed E-state index contributed by atoms with van der Waals surface area (Å²) in [5, 5.41) is 13.8. The second-order valence-corrected chi connectivity index (χ2v) is 8.45.